The maximum Gasteiger partial charge on any atom is 0.242 e. The summed E-state index contributed by atoms with van der Waals surface area (Å²) in [7, 11) is 0. The monoisotopic (exact) mass is 484 g/mol. The van der Waals surface area contributed by atoms with Crippen LogP contribution >= 0.6 is 11.3 Å². The highest BCUT2D eigenvalue weighted by molar-refractivity contribution is 7.10. The highest BCUT2D eigenvalue weighted by Crippen LogP contribution is 2.34. The van der Waals surface area contributed by atoms with E-state index in [4.69, 9.17) is 4.74 Å². The summed E-state index contributed by atoms with van der Waals surface area (Å²) in [6, 6.07) is 10.2. The number of hydrogen-bond acceptors (Lipinski definition) is 4. The predicted octanol–water partition coefficient (Wildman–Crippen LogP) is 6.05. The number of benzene rings is 1. The molecule has 1 aliphatic heterocycles. The first-order valence-electron chi connectivity index (χ1n) is 12.4. The van der Waals surface area contributed by atoms with Crippen LogP contribution in [-0.2, 0) is 16.0 Å². The first-order chi connectivity index (χ1) is 16.0. The third-order valence-corrected chi connectivity index (χ3v) is 7.35. The van der Waals surface area contributed by atoms with E-state index in [1.54, 1.807) is 16.2 Å². The summed E-state index contributed by atoms with van der Waals surface area (Å²) in [6.07, 6.45) is 1.28. The SMILES string of the molecule is CC(C)CC(=O)N(CC(=O)N1CCc2sccc2C1COc1ccc(C(C)C)cc1)C(C)(C)C. The standard InChI is InChI=1S/C28H40N2O3S/c1-19(2)16-26(31)30(28(5,6)7)17-27(32)29-14-12-25-23(13-15-34-25)24(29)18-33-22-10-8-21(9-11-22)20(3)4/h8-11,13,15,19-20,24H,12,14,16-18H2,1-7H3. The van der Waals surface area contributed by atoms with Crippen LogP contribution in [0, 0.1) is 5.92 Å². The van der Waals surface area contributed by atoms with E-state index < -0.39 is 5.54 Å². The van der Waals surface area contributed by atoms with Gasteiger partial charge < -0.3 is 14.5 Å². The quantitative estimate of drug-likeness (QED) is 0.458. The van der Waals surface area contributed by atoms with Gasteiger partial charge in [-0.1, -0.05) is 39.8 Å². The van der Waals surface area contributed by atoms with E-state index in [-0.39, 0.29) is 30.3 Å². The molecule has 1 aromatic heterocycles. The van der Waals surface area contributed by atoms with Crippen molar-refractivity contribution in [2.24, 2.45) is 5.92 Å². The van der Waals surface area contributed by atoms with E-state index in [9.17, 15) is 9.59 Å². The van der Waals surface area contributed by atoms with E-state index in [2.05, 4.69) is 37.4 Å². The Labute approximate surface area is 209 Å². The Morgan fingerprint density at radius 3 is 2.38 bits per heavy atom. The molecule has 2 heterocycles. The van der Waals surface area contributed by atoms with Crippen molar-refractivity contribution in [2.75, 3.05) is 19.7 Å². The third kappa shape index (κ3) is 6.41. The van der Waals surface area contributed by atoms with Crippen molar-refractivity contribution in [3.05, 3.63) is 51.7 Å². The number of rotatable bonds is 8. The zero-order chi connectivity index (χ0) is 25.0. The van der Waals surface area contributed by atoms with E-state index in [1.807, 2.05) is 51.7 Å². The molecule has 0 fully saturated rings. The topological polar surface area (TPSA) is 49.9 Å². The molecule has 1 unspecified atom stereocenters. The first-order valence-corrected chi connectivity index (χ1v) is 13.2. The lowest BCUT2D eigenvalue weighted by atomic mass is 9.99. The molecule has 0 radical (unpaired) electrons. The molecule has 0 N–H and O–H groups in total. The molecule has 6 heteroatoms. The number of carbonyl (C=O) groups is 2. The zero-order valence-corrected chi connectivity index (χ0v) is 22.6. The molecule has 1 atom stereocenters. The lowest BCUT2D eigenvalue weighted by molar-refractivity contribution is -0.147. The molecule has 0 saturated carbocycles. The Bertz CT molecular complexity index is 972. The van der Waals surface area contributed by atoms with Crippen molar-refractivity contribution < 1.29 is 14.3 Å². The molecule has 186 valence electrons. The molecule has 0 aliphatic carbocycles. The molecule has 1 aromatic carbocycles. The Morgan fingerprint density at radius 2 is 1.79 bits per heavy atom. The van der Waals surface area contributed by atoms with Gasteiger partial charge in [-0.25, -0.2) is 0 Å². The van der Waals surface area contributed by atoms with Crippen LogP contribution in [0.1, 0.15) is 82.9 Å². The normalized spacial score (nSPS) is 16.0. The Hall–Kier alpha value is -2.34. The van der Waals surface area contributed by atoms with Crippen LogP contribution in [-0.4, -0.2) is 46.8 Å². The van der Waals surface area contributed by atoms with Crippen LogP contribution in [0.2, 0.25) is 0 Å². The van der Waals surface area contributed by atoms with Crippen LogP contribution in [0.5, 0.6) is 5.75 Å². The van der Waals surface area contributed by atoms with Gasteiger partial charge in [0.2, 0.25) is 11.8 Å². The molecule has 5 nitrogen and oxygen atoms in total. The predicted molar refractivity (Wildman–Crippen MR) is 139 cm³/mol. The van der Waals surface area contributed by atoms with E-state index >= 15 is 0 Å². The summed E-state index contributed by atoms with van der Waals surface area (Å²) in [5.74, 6) is 1.54. The second kappa shape index (κ2) is 10.9. The fourth-order valence-corrected chi connectivity index (χ4v) is 5.31. The maximum atomic E-state index is 13.6. The van der Waals surface area contributed by atoms with Gasteiger partial charge >= 0.3 is 0 Å². The lowest BCUT2D eigenvalue weighted by Gasteiger charge is -2.40. The second-order valence-corrected chi connectivity index (χ2v) is 11.9. The number of fused-ring (bicyclic) bond motifs is 1. The fourth-order valence-electron chi connectivity index (χ4n) is 4.38. The summed E-state index contributed by atoms with van der Waals surface area (Å²) < 4.78 is 6.19. The average molecular weight is 485 g/mol. The van der Waals surface area contributed by atoms with Crippen LogP contribution in [0.25, 0.3) is 0 Å². The summed E-state index contributed by atoms with van der Waals surface area (Å²) in [5, 5.41) is 2.09. The molecule has 34 heavy (non-hydrogen) atoms. The minimum atomic E-state index is -0.422. The smallest absolute Gasteiger partial charge is 0.242 e. The number of nitrogens with zero attached hydrogens (tertiary/aromatic N) is 2. The van der Waals surface area contributed by atoms with Crippen molar-refractivity contribution in [1.29, 1.82) is 0 Å². The zero-order valence-electron chi connectivity index (χ0n) is 21.8. The van der Waals surface area contributed by atoms with Gasteiger partial charge in [0.1, 0.15) is 18.9 Å². The van der Waals surface area contributed by atoms with Crippen molar-refractivity contribution >= 4 is 23.2 Å². The fraction of sp³-hybridized carbons (Fsp3) is 0.571. The van der Waals surface area contributed by atoms with E-state index in [0.29, 0.717) is 25.5 Å². The molecule has 0 bridgehead atoms. The van der Waals surface area contributed by atoms with Gasteiger partial charge in [-0.2, -0.15) is 0 Å². The Morgan fingerprint density at radius 1 is 1.12 bits per heavy atom. The van der Waals surface area contributed by atoms with Crippen LogP contribution < -0.4 is 4.74 Å². The van der Waals surface area contributed by atoms with Crippen LogP contribution in [0.4, 0.5) is 0 Å². The largest absolute Gasteiger partial charge is 0.491 e. The van der Waals surface area contributed by atoms with E-state index in [0.717, 1.165) is 12.2 Å². The first kappa shape index (κ1) is 26.3. The highest BCUT2D eigenvalue weighted by atomic mass is 32.1. The molecular formula is C28H40N2O3S. The van der Waals surface area contributed by atoms with Gasteiger partial charge in [0.05, 0.1) is 6.04 Å². The highest BCUT2D eigenvalue weighted by Gasteiger charge is 2.36. The van der Waals surface area contributed by atoms with Gasteiger partial charge in [-0.3, -0.25) is 9.59 Å². The lowest BCUT2D eigenvalue weighted by Crippen LogP contribution is -2.53. The molecule has 2 amide bonds. The summed E-state index contributed by atoms with van der Waals surface area (Å²) in [4.78, 5) is 31.5. The summed E-state index contributed by atoms with van der Waals surface area (Å²) in [5.41, 5.74) is 2.02. The summed E-state index contributed by atoms with van der Waals surface area (Å²) >= 11 is 1.74. The van der Waals surface area contributed by atoms with Gasteiger partial charge in [0, 0.05) is 23.4 Å². The molecule has 3 rings (SSSR count). The van der Waals surface area contributed by atoms with Crippen molar-refractivity contribution in [1.82, 2.24) is 9.80 Å². The van der Waals surface area contributed by atoms with Gasteiger partial charge in [0.25, 0.3) is 0 Å². The second-order valence-electron chi connectivity index (χ2n) is 10.9. The number of ether oxygens (including phenoxy) is 1. The Balaban J connectivity index is 1.78. The van der Waals surface area contributed by atoms with Gasteiger partial charge in [0.15, 0.2) is 0 Å². The van der Waals surface area contributed by atoms with Crippen molar-refractivity contribution in [3.8, 4) is 5.75 Å². The molecule has 2 aromatic rings. The summed E-state index contributed by atoms with van der Waals surface area (Å²) in [6.45, 7) is 15.5. The van der Waals surface area contributed by atoms with Crippen molar-refractivity contribution in [3.63, 3.8) is 0 Å². The Kier molecular flexibility index (Phi) is 8.45. The average Bonchev–Trinajstić information content (AvgIpc) is 3.23. The van der Waals surface area contributed by atoms with E-state index in [1.165, 1.54) is 16.0 Å². The molecule has 1 aliphatic rings. The number of hydrogen-bond donors (Lipinski definition) is 0. The van der Waals surface area contributed by atoms with Crippen molar-refractivity contribution in [2.45, 2.75) is 78.8 Å². The van der Waals surface area contributed by atoms with Crippen LogP contribution in [0.15, 0.2) is 35.7 Å². The molecule has 0 saturated heterocycles. The molecular weight excluding hydrogens is 444 g/mol. The maximum absolute atomic E-state index is 13.6. The minimum Gasteiger partial charge on any atom is -0.491 e. The van der Waals surface area contributed by atoms with Crippen LogP contribution in [0.3, 0.4) is 0 Å². The minimum absolute atomic E-state index is 0.0207. The number of carbonyl (C=O) groups excluding carboxylic acids is 2. The van der Waals surface area contributed by atoms with Gasteiger partial charge in [-0.15, -0.1) is 11.3 Å². The number of thiophene rings is 1. The number of amides is 2. The third-order valence-electron chi connectivity index (χ3n) is 6.36. The van der Waals surface area contributed by atoms with Gasteiger partial charge in [-0.05, 0) is 73.7 Å². The molecule has 0 spiro atoms.